The van der Waals surface area contributed by atoms with E-state index in [2.05, 4.69) is 5.32 Å². The predicted octanol–water partition coefficient (Wildman–Crippen LogP) is 2.97. The zero-order valence-electron chi connectivity index (χ0n) is 14.3. The summed E-state index contributed by atoms with van der Waals surface area (Å²) in [5, 5.41) is 2.78. The molecule has 1 fully saturated rings. The first kappa shape index (κ1) is 17.1. The van der Waals surface area contributed by atoms with E-state index in [9.17, 15) is 14.0 Å². The highest BCUT2D eigenvalue weighted by Crippen LogP contribution is 2.37. The normalized spacial score (nSPS) is 20.0. The third-order valence-electron chi connectivity index (χ3n) is 4.75. The molecule has 1 heterocycles. The molecule has 4 nitrogen and oxygen atoms in total. The molecular formula is C20H21FN2O2. The molecule has 2 aromatic carbocycles. The highest BCUT2D eigenvalue weighted by Gasteiger charge is 2.42. The number of amides is 2. The average Bonchev–Trinajstić information content (AvgIpc) is 2.90. The van der Waals surface area contributed by atoms with Crippen LogP contribution < -0.4 is 5.32 Å². The van der Waals surface area contributed by atoms with Gasteiger partial charge in [-0.2, -0.15) is 0 Å². The Kier molecular flexibility index (Phi) is 4.83. The van der Waals surface area contributed by atoms with Crippen molar-refractivity contribution in [1.29, 1.82) is 0 Å². The fraction of sp³-hybridized carbons (Fsp3) is 0.300. The smallest absolute Gasteiger partial charge is 0.226 e. The van der Waals surface area contributed by atoms with Crippen LogP contribution in [0.2, 0.25) is 0 Å². The molecule has 1 aliphatic heterocycles. The molecule has 5 heteroatoms. The maximum Gasteiger partial charge on any atom is 0.226 e. The van der Waals surface area contributed by atoms with Crippen molar-refractivity contribution in [3.05, 3.63) is 71.0 Å². The maximum absolute atomic E-state index is 13.7. The minimum atomic E-state index is -0.480. The lowest BCUT2D eigenvalue weighted by Crippen LogP contribution is -2.34. The molecule has 1 aliphatic rings. The van der Waals surface area contributed by atoms with Crippen molar-refractivity contribution in [3.63, 3.8) is 0 Å². The number of benzene rings is 2. The summed E-state index contributed by atoms with van der Waals surface area (Å²) in [7, 11) is 1.72. The largest absolute Gasteiger partial charge is 0.352 e. The molecule has 1 N–H and O–H groups in total. The van der Waals surface area contributed by atoms with Crippen LogP contribution in [0.1, 0.15) is 29.2 Å². The number of nitrogens with zero attached hydrogens (tertiary/aromatic N) is 1. The van der Waals surface area contributed by atoms with Crippen molar-refractivity contribution in [2.75, 3.05) is 7.05 Å². The Labute approximate surface area is 146 Å². The number of carbonyl (C=O) groups is 2. The second-order valence-corrected chi connectivity index (χ2v) is 6.48. The van der Waals surface area contributed by atoms with E-state index in [0.717, 1.165) is 11.1 Å². The van der Waals surface area contributed by atoms with Gasteiger partial charge in [-0.25, -0.2) is 4.39 Å². The van der Waals surface area contributed by atoms with Gasteiger partial charge >= 0.3 is 0 Å². The van der Waals surface area contributed by atoms with Gasteiger partial charge in [-0.05, 0) is 18.6 Å². The molecule has 2 aromatic rings. The SMILES string of the molecule is Cc1ccc([C@@H]2[C@@H](C(=O)NCc3ccccc3F)CC(=O)N2C)cc1. The Morgan fingerprint density at radius 2 is 1.88 bits per heavy atom. The number of carbonyl (C=O) groups excluding carboxylic acids is 2. The van der Waals surface area contributed by atoms with Gasteiger partial charge < -0.3 is 10.2 Å². The quantitative estimate of drug-likeness (QED) is 0.930. The van der Waals surface area contributed by atoms with E-state index in [1.54, 1.807) is 30.1 Å². The van der Waals surface area contributed by atoms with Gasteiger partial charge in [0.05, 0.1) is 12.0 Å². The topological polar surface area (TPSA) is 49.4 Å². The van der Waals surface area contributed by atoms with E-state index in [1.807, 2.05) is 31.2 Å². The number of nitrogens with one attached hydrogen (secondary N) is 1. The van der Waals surface area contributed by atoms with Crippen LogP contribution in [0, 0.1) is 18.7 Å². The fourth-order valence-corrected chi connectivity index (χ4v) is 3.28. The average molecular weight is 340 g/mol. The number of hydrogen-bond donors (Lipinski definition) is 1. The van der Waals surface area contributed by atoms with E-state index < -0.39 is 5.92 Å². The summed E-state index contributed by atoms with van der Waals surface area (Å²) in [4.78, 5) is 26.4. The van der Waals surface area contributed by atoms with Gasteiger partial charge in [0.25, 0.3) is 0 Å². The van der Waals surface area contributed by atoms with Crippen LogP contribution in [0.5, 0.6) is 0 Å². The highest BCUT2D eigenvalue weighted by molar-refractivity contribution is 5.90. The van der Waals surface area contributed by atoms with Crippen LogP contribution in [-0.2, 0) is 16.1 Å². The van der Waals surface area contributed by atoms with E-state index in [0.29, 0.717) is 5.56 Å². The van der Waals surface area contributed by atoms with E-state index >= 15 is 0 Å². The molecule has 0 aliphatic carbocycles. The van der Waals surface area contributed by atoms with Crippen molar-refractivity contribution < 1.29 is 14.0 Å². The second-order valence-electron chi connectivity index (χ2n) is 6.48. The third-order valence-corrected chi connectivity index (χ3v) is 4.75. The Hall–Kier alpha value is -2.69. The van der Waals surface area contributed by atoms with Gasteiger partial charge in [-0.3, -0.25) is 9.59 Å². The lowest BCUT2D eigenvalue weighted by molar-refractivity contribution is -0.128. The first-order valence-corrected chi connectivity index (χ1v) is 8.30. The molecule has 0 unspecified atom stereocenters. The second kappa shape index (κ2) is 7.05. The lowest BCUT2D eigenvalue weighted by atomic mass is 9.92. The fourth-order valence-electron chi connectivity index (χ4n) is 3.28. The van der Waals surface area contributed by atoms with Gasteiger partial charge in [0, 0.05) is 25.6 Å². The number of rotatable bonds is 4. The van der Waals surface area contributed by atoms with Crippen LogP contribution in [-0.4, -0.2) is 23.8 Å². The van der Waals surface area contributed by atoms with Crippen LogP contribution in [0.25, 0.3) is 0 Å². The monoisotopic (exact) mass is 340 g/mol. The van der Waals surface area contributed by atoms with E-state index in [1.165, 1.54) is 6.07 Å². The summed E-state index contributed by atoms with van der Waals surface area (Å²) in [6.07, 6.45) is 0.165. The Balaban J connectivity index is 1.76. The first-order chi connectivity index (χ1) is 12.0. The Morgan fingerprint density at radius 3 is 2.56 bits per heavy atom. The summed E-state index contributed by atoms with van der Waals surface area (Å²) in [6, 6.07) is 13.9. The van der Waals surface area contributed by atoms with Gasteiger partial charge in [-0.1, -0.05) is 48.0 Å². The standard InChI is InChI=1S/C20H21FN2O2/c1-13-7-9-14(10-8-13)19-16(11-18(24)23(19)2)20(25)22-12-15-5-3-4-6-17(15)21/h3-10,16,19H,11-12H2,1-2H3,(H,22,25)/t16-,19+/m0/s1. The predicted molar refractivity (Wildman–Crippen MR) is 93.0 cm³/mol. The van der Waals surface area contributed by atoms with E-state index in [4.69, 9.17) is 0 Å². The highest BCUT2D eigenvalue weighted by atomic mass is 19.1. The van der Waals surface area contributed by atoms with Crippen LogP contribution in [0.4, 0.5) is 4.39 Å². The molecule has 25 heavy (non-hydrogen) atoms. The first-order valence-electron chi connectivity index (χ1n) is 8.30. The number of aryl methyl sites for hydroxylation is 1. The van der Waals surface area contributed by atoms with Crippen molar-refractivity contribution in [3.8, 4) is 0 Å². The summed E-state index contributed by atoms with van der Waals surface area (Å²) < 4.78 is 13.7. The van der Waals surface area contributed by atoms with Crippen molar-refractivity contribution >= 4 is 11.8 Å². The molecule has 2 atom stereocenters. The summed E-state index contributed by atoms with van der Waals surface area (Å²) in [5.41, 5.74) is 2.49. The molecular weight excluding hydrogens is 319 g/mol. The number of likely N-dealkylation sites (tertiary alicyclic amines) is 1. The number of halogens is 1. The third kappa shape index (κ3) is 3.55. The van der Waals surface area contributed by atoms with Crippen molar-refractivity contribution in [2.45, 2.75) is 25.9 Å². The molecule has 0 saturated carbocycles. The summed E-state index contributed by atoms with van der Waals surface area (Å²) in [5.74, 6) is -1.12. The molecule has 1 saturated heterocycles. The molecule has 0 aromatic heterocycles. The van der Waals surface area contributed by atoms with Crippen LogP contribution >= 0.6 is 0 Å². The van der Waals surface area contributed by atoms with Crippen LogP contribution in [0.3, 0.4) is 0 Å². The molecule has 2 amide bonds. The zero-order valence-corrected chi connectivity index (χ0v) is 14.3. The molecule has 0 bridgehead atoms. The molecule has 3 rings (SSSR count). The molecule has 0 radical (unpaired) electrons. The van der Waals surface area contributed by atoms with Crippen molar-refractivity contribution in [1.82, 2.24) is 10.2 Å². The zero-order chi connectivity index (χ0) is 18.0. The van der Waals surface area contributed by atoms with Gasteiger partial charge in [0.2, 0.25) is 11.8 Å². The number of hydrogen-bond acceptors (Lipinski definition) is 2. The van der Waals surface area contributed by atoms with Gasteiger partial charge in [0.15, 0.2) is 0 Å². The van der Waals surface area contributed by atoms with Crippen molar-refractivity contribution in [2.24, 2.45) is 5.92 Å². The van der Waals surface area contributed by atoms with E-state index in [-0.39, 0.29) is 36.6 Å². The Bertz CT molecular complexity index is 789. The Morgan fingerprint density at radius 1 is 1.20 bits per heavy atom. The molecule has 0 spiro atoms. The minimum Gasteiger partial charge on any atom is -0.352 e. The minimum absolute atomic E-state index is 0.0587. The van der Waals surface area contributed by atoms with Crippen LogP contribution in [0.15, 0.2) is 48.5 Å². The van der Waals surface area contributed by atoms with Gasteiger partial charge in [-0.15, -0.1) is 0 Å². The summed E-state index contributed by atoms with van der Waals surface area (Å²) in [6.45, 7) is 2.10. The molecule has 130 valence electrons. The maximum atomic E-state index is 13.7. The lowest BCUT2D eigenvalue weighted by Gasteiger charge is -2.25. The van der Waals surface area contributed by atoms with Gasteiger partial charge in [0.1, 0.15) is 5.82 Å². The summed E-state index contributed by atoms with van der Waals surface area (Å²) >= 11 is 0.